The smallest absolute Gasteiger partial charge is 0.262 e. The van der Waals surface area contributed by atoms with Gasteiger partial charge in [-0.15, -0.1) is 0 Å². The van der Waals surface area contributed by atoms with Gasteiger partial charge in [-0.25, -0.2) is 13.4 Å². The Morgan fingerprint density at radius 1 is 0.964 bits per heavy atom. The summed E-state index contributed by atoms with van der Waals surface area (Å²) in [6.07, 6.45) is 1.54. The summed E-state index contributed by atoms with van der Waals surface area (Å²) < 4.78 is 38.5. The molecule has 3 rings (SSSR count). The molecular formula is C19H19N3O5S. The molecule has 28 heavy (non-hydrogen) atoms. The second-order valence-electron chi connectivity index (χ2n) is 5.69. The van der Waals surface area contributed by atoms with Crippen molar-refractivity contribution in [2.24, 2.45) is 0 Å². The van der Waals surface area contributed by atoms with E-state index in [4.69, 9.17) is 9.47 Å². The first kappa shape index (κ1) is 19.3. The molecule has 0 aliphatic carbocycles. The van der Waals surface area contributed by atoms with Crippen LogP contribution in [0, 0.1) is 0 Å². The number of methoxy groups -OCH3 is 2. The predicted octanol–water partition coefficient (Wildman–Crippen LogP) is 3.35. The number of pyridine rings is 1. The SMILES string of the molecule is COc1ccc(S(=O)(=O)Nc2cccnc2Nc2ccc(O)cc2)cc1OC. The van der Waals surface area contributed by atoms with Gasteiger partial charge in [-0.05, 0) is 48.5 Å². The second kappa shape index (κ2) is 8.05. The molecule has 0 spiro atoms. The number of nitrogens with one attached hydrogen (secondary N) is 2. The lowest BCUT2D eigenvalue weighted by Gasteiger charge is -2.14. The Bertz CT molecular complexity index is 1070. The van der Waals surface area contributed by atoms with Gasteiger partial charge in [0.2, 0.25) is 0 Å². The summed E-state index contributed by atoms with van der Waals surface area (Å²) in [4.78, 5) is 4.21. The number of sulfonamides is 1. The molecule has 0 aliphatic rings. The molecule has 9 heteroatoms. The molecule has 0 saturated heterocycles. The van der Waals surface area contributed by atoms with Gasteiger partial charge >= 0.3 is 0 Å². The molecule has 2 aromatic carbocycles. The van der Waals surface area contributed by atoms with E-state index in [2.05, 4.69) is 15.0 Å². The minimum Gasteiger partial charge on any atom is -0.508 e. The third-order valence-corrected chi connectivity index (χ3v) is 5.21. The van der Waals surface area contributed by atoms with Crippen LogP contribution in [0.25, 0.3) is 0 Å². The topological polar surface area (TPSA) is 110 Å². The van der Waals surface area contributed by atoms with Gasteiger partial charge < -0.3 is 19.9 Å². The third kappa shape index (κ3) is 4.26. The zero-order valence-electron chi connectivity index (χ0n) is 15.2. The molecule has 0 aliphatic heterocycles. The summed E-state index contributed by atoms with van der Waals surface area (Å²) in [6.45, 7) is 0. The number of aromatic hydroxyl groups is 1. The quantitative estimate of drug-likeness (QED) is 0.521. The van der Waals surface area contributed by atoms with Crippen molar-refractivity contribution >= 4 is 27.2 Å². The number of benzene rings is 2. The zero-order chi connectivity index (χ0) is 20.1. The van der Waals surface area contributed by atoms with Gasteiger partial charge in [-0.1, -0.05) is 0 Å². The van der Waals surface area contributed by atoms with E-state index < -0.39 is 10.0 Å². The number of hydrogen-bond donors (Lipinski definition) is 3. The first-order valence-electron chi connectivity index (χ1n) is 8.19. The van der Waals surface area contributed by atoms with E-state index in [9.17, 15) is 13.5 Å². The van der Waals surface area contributed by atoms with E-state index in [-0.39, 0.29) is 16.3 Å². The Morgan fingerprint density at radius 2 is 1.68 bits per heavy atom. The number of anilines is 3. The maximum atomic E-state index is 12.8. The van der Waals surface area contributed by atoms with Crippen LogP contribution in [0.15, 0.2) is 65.7 Å². The molecule has 146 valence electrons. The monoisotopic (exact) mass is 401 g/mol. The zero-order valence-corrected chi connectivity index (χ0v) is 16.0. The van der Waals surface area contributed by atoms with E-state index in [0.717, 1.165) is 0 Å². The molecule has 1 aromatic heterocycles. The van der Waals surface area contributed by atoms with E-state index >= 15 is 0 Å². The fourth-order valence-electron chi connectivity index (χ4n) is 2.46. The maximum Gasteiger partial charge on any atom is 0.262 e. The first-order chi connectivity index (χ1) is 13.4. The van der Waals surface area contributed by atoms with Gasteiger partial charge in [0.15, 0.2) is 17.3 Å². The molecule has 0 atom stereocenters. The number of phenolic OH excluding ortho intramolecular Hbond substituents is 1. The predicted molar refractivity (Wildman–Crippen MR) is 106 cm³/mol. The lowest BCUT2D eigenvalue weighted by molar-refractivity contribution is 0.354. The minimum absolute atomic E-state index is 0.0181. The normalized spacial score (nSPS) is 10.9. The molecule has 0 radical (unpaired) electrons. The number of hydrogen-bond acceptors (Lipinski definition) is 7. The summed E-state index contributed by atoms with van der Waals surface area (Å²) in [7, 11) is -0.992. The van der Waals surface area contributed by atoms with E-state index in [1.54, 1.807) is 24.3 Å². The van der Waals surface area contributed by atoms with Gasteiger partial charge in [-0.3, -0.25) is 4.72 Å². The molecule has 0 saturated carbocycles. The highest BCUT2D eigenvalue weighted by molar-refractivity contribution is 7.92. The highest BCUT2D eigenvalue weighted by atomic mass is 32.2. The van der Waals surface area contributed by atoms with Crippen molar-refractivity contribution in [1.29, 1.82) is 0 Å². The molecule has 0 bridgehead atoms. The Hall–Kier alpha value is -3.46. The average Bonchev–Trinajstić information content (AvgIpc) is 2.70. The van der Waals surface area contributed by atoms with Crippen LogP contribution in [0.5, 0.6) is 17.2 Å². The van der Waals surface area contributed by atoms with Gasteiger partial charge in [-0.2, -0.15) is 0 Å². The van der Waals surface area contributed by atoms with Crippen LogP contribution in [0.4, 0.5) is 17.2 Å². The summed E-state index contributed by atoms with van der Waals surface area (Å²) >= 11 is 0. The van der Waals surface area contributed by atoms with Crippen molar-refractivity contribution in [2.75, 3.05) is 24.3 Å². The number of aromatic nitrogens is 1. The number of phenols is 1. The van der Waals surface area contributed by atoms with E-state index in [1.807, 2.05) is 0 Å². The molecule has 1 heterocycles. The first-order valence-corrected chi connectivity index (χ1v) is 9.67. The summed E-state index contributed by atoms with van der Waals surface area (Å²) in [5.74, 6) is 1.18. The summed E-state index contributed by atoms with van der Waals surface area (Å²) in [5, 5.41) is 12.4. The molecule has 0 fully saturated rings. The van der Waals surface area contributed by atoms with Crippen LogP contribution >= 0.6 is 0 Å². The number of ether oxygens (including phenoxy) is 2. The third-order valence-electron chi connectivity index (χ3n) is 3.85. The van der Waals surface area contributed by atoms with Gasteiger partial charge in [0, 0.05) is 18.0 Å². The van der Waals surface area contributed by atoms with Crippen molar-refractivity contribution in [1.82, 2.24) is 4.98 Å². The van der Waals surface area contributed by atoms with Crippen LogP contribution in [0.1, 0.15) is 0 Å². The standard InChI is InChI=1S/C19H19N3O5S/c1-26-17-10-9-15(12-18(17)27-2)28(24,25)22-16-4-3-11-20-19(16)21-13-5-7-14(23)8-6-13/h3-12,22-23H,1-2H3,(H,20,21). The minimum atomic E-state index is -3.90. The van der Waals surface area contributed by atoms with Gasteiger partial charge in [0.1, 0.15) is 5.75 Å². The number of rotatable bonds is 7. The van der Waals surface area contributed by atoms with E-state index in [1.165, 1.54) is 50.7 Å². The summed E-state index contributed by atoms with van der Waals surface area (Å²) in [5.41, 5.74) is 0.911. The fraction of sp³-hybridized carbons (Fsp3) is 0.105. The van der Waals surface area contributed by atoms with Crippen molar-refractivity contribution in [3.8, 4) is 17.2 Å². The molecule has 0 amide bonds. The Kier molecular flexibility index (Phi) is 5.55. The maximum absolute atomic E-state index is 12.8. The van der Waals surface area contributed by atoms with Gasteiger partial charge in [0.25, 0.3) is 10.0 Å². The van der Waals surface area contributed by atoms with E-state index in [0.29, 0.717) is 23.0 Å². The van der Waals surface area contributed by atoms with Crippen LogP contribution in [-0.2, 0) is 10.0 Å². The highest BCUT2D eigenvalue weighted by Gasteiger charge is 2.19. The number of nitrogens with zero attached hydrogens (tertiary/aromatic N) is 1. The largest absolute Gasteiger partial charge is 0.508 e. The molecule has 3 aromatic rings. The van der Waals surface area contributed by atoms with Crippen LogP contribution in [-0.4, -0.2) is 32.7 Å². The van der Waals surface area contributed by atoms with Crippen molar-refractivity contribution in [3.05, 3.63) is 60.8 Å². The lowest BCUT2D eigenvalue weighted by Crippen LogP contribution is -2.14. The second-order valence-corrected chi connectivity index (χ2v) is 7.38. The lowest BCUT2D eigenvalue weighted by atomic mass is 10.3. The molecule has 3 N–H and O–H groups in total. The molecule has 0 unspecified atom stereocenters. The van der Waals surface area contributed by atoms with Crippen molar-refractivity contribution in [2.45, 2.75) is 4.90 Å². The van der Waals surface area contributed by atoms with Crippen molar-refractivity contribution < 1.29 is 23.0 Å². The van der Waals surface area contributed by atoms with Gasteiger partial charge in [0.05, 0.1) is 24.8 Å². The molecule has 8 nitrogen and oxygen atoms in total. The van der Waals surface area contributed by atoms with Crippen LogP contribution in [0.3, 0.4) is 0 Å². The van der Waals surface area contributed by atoms with Crippen LogP contribution < -0.4 is 19.5 Å². The highest BCUT2D eigenvalue weighted by Crippen LogP contribution is 2.31. The Morgan fingerprint density at radius 3 is 2.36 bits per heavy atom. The van der Waals surface area contributed by atoms with Crippen molar-refractivity contribution in [3.63, 3.8) is 0 Å². The average molecular weight is 401 g/mol. The summed E-state index contributed by atoms with van der Waals surface area (Å²) in [6, 6.07) is 13.9. The Labute approximate surface area is 162 Å². The fourth-order valence-corrected chi connectivity index (χ4v) is 3.54. The Balaban J connectivity index is 1.89. The van der Waals surface area contributed by atoms with Crippen LogP contribution in [0.2, 0.25) is 0 Å². The molecular weight excluding hydrogens is 382 g/mol.